The van der Waals surface area contributed by atoms with Crippen LogP contribution in [0.1, 0.15) is 5.56 Å². The molecule has 1 aliphatic heterocycles. The van der Waals surface area contributed by atoms with E-state index in [1.165, 1.54) is 22.4 Å². The van der Waals surface area contributed by atoms with Crippen LogP contribution >= 0.6 is 0 Å². The van der Waals surface area contributed by atoms with Crippen molar-refractivity contribution in [1.29, 1.82) is 0 Å². The maximum Gasteiger partial charge on any atom is 0.0386 e. The summed E-state index contributed by atoms with van der Waals surface area (Å²) in [7, 11) is 0. The van der Waals surface area contributed by atoms with Crippen LogP contribution in [0.4, 0.5) is 5.69 Å². The molecule has 1 heterocycles. The molecular weight excluding hydrogens is 208 g/mol. The number of fused-ring (bicyclic) bond motifs is 1. The van der Waals surface area contributed by atoms with Crippen molar-refractivity contribution in [3.8, 4) is 11.1 Å². The number of hydrogen-bond acceptors (Lipinski definition) is 2. The first-order chi connectivity index (χ1) is 8.43. The third kappa shape index (κ3) is 2.17. The van der Waals surface area contributed by atoms with Gasteiger partial charge in [0.2, 0.25) is 0 Å². The highest BCUT2D eigenvalue weighted by Gasteiger charge is 2.07. The summed E-state index contributed by atoms with van der Waals surface area (Å²) >= 11 is 0. The fourth-order valence-electron chi connectivity index (χ4n) is 2.23. The molecule has 2 nitrogen and oxygen atoms in total. The Morgan fingerprint density at radius 1 is 0.824 bits per heavy atom. The van der Waals surface area contributed by atoms with Crippen LogP contribution in [0.5, 0.6) is 0 Å². The van der Waals surface area contributed by atoms with Crippen LogP contribution in [0.3, 0.4) is 0 Å². The van der Waals surface area contributed by atoms with E-state index in [-0.39, 0.29) is 0 Å². The van der Waals surface area contributed by atoms with Gasteiger partial charge >= 0.3 is 0 Å². The Morgan fingerprint density at radius 2 is 1.71 bits per heavy atom. The third-order valence-electron chi connectivity index (χ3n) is 3.15. The molecule has 0 fully saturated rings. The summed E-state index contributed by atoms with van der Waals surface area (Å²) in [6.45, 7) is 2.97. The molecule has 17 heavy (non-hydrogen) atoms. The van der Waals surface area contributed by atoms with Gasteiger partial charge < -0.3 is 10.6 Å². The van der Waals surface area contributed by atoms with Gasteiger partial charge in [0.25, 0.3) is 0 Å². The van der Waals surface area contributed by atoms with Crippen molar-refractivity contribution >= 4 is 5.69 Å². The molecule has 2 heteroatoms. The SMILES string of the molecule is c1ccc(-c2ccc3c(c2)CNCCN3)cc1. The molecule has 0 aliphatic carbocycles. The van der Waals surface area contributed by atoms with E-state index in [2.05, 4.69) is 59.2 Å². The van der Waals surface area contributed by atoms with E-state index in [9.17, 15) is 0 Å². The van der Waals surface area contributed by atoms with E-state index >= 15 is 0 Å². The lowest BCUT2D eigenvalue weighted by Crippen LogP contribution is -2.16. The fraction of sp³-hybridized carbons (Fsp3) is 0.200. The predicted octanol–water partition coefficient (Wildman–Crippen LogP) is 2.87. The zero-order valence-electron chi connectivity index (χ0n) is 9.74. The van der Waals surface area contributed by atoms with Gasteiger partial charge in [-0.3, -0.25) is 0 Å². The van der Waals surface area contributed by atoms with Gasteiger partial charge in [0, 0.05) is 25.3 Å². The van der Waals surface area contributed by atoms with E-state index in [4.69, 9.17) is 0 Å². The van der Waals surface area contributed by atoms with Crippen molar-refractivity contribution in [2.45, 2.75) is 6.54 Å². The summed E-state index contributed by atoms with van der Waals surface area (Å²) in [4.78, 5) is 0. The first kappa shape index (κ1) is 10.4. The summed E-state index contributed by atoms with van der Waals surface area (Å²) in [6, 6.07) is 17.2. The maximum atomic E-state index is 3.44. The average Bonchev–Trinajstić information content (AvgIpc) is 2.64. The van der Waals surface area contributed by atoms with Crippen molar-refractivity contribution in [1.82, 2.24) is 5.32 Å². The van der Waals surface area contributed by atoms with Gasteiger partial charge in [-0.15, -0.1) is 0 Å². The summed E-state index contributed by atoms with van der Waals surface area (Å²) in [5.74, 6) is 0. The lowest BCUT2D eigenvalue weighted by atomic mass is 10.0. The summed E-state index contributed by atoms with van der Waals surface area (Å²) in [6.07, 6.45) is 0. The summed E-state index contributed by atoms with van der Waals surface area (Å²) in [5, 5.41) is 6.86. The first-order valence-electron chi connectivity index (χ1n) is 6.06. The molecule has 2 N–H and O–H groups in total. The van der Waals surface area contributed by atoms with Crippen molar-refractivity contribution in [2.24, 2.45) is 0 Å². The van der Waals surface area contributed by atoms with Crippen LogP contribution in [0.2, 0.25) is 0 Å². The van der Waals surface area contributed by atoms with Crippen LogP contribution in [-0.2, 0) is 6.54 Å². The third-order valence-corrected chi connectivity index (χ3v) is 3.15. The quantitative estimate of drug-likeness (QED) is 0.778. The Hall–Kier alpha value is -1.80. The van der Waals surface area contributed by atoms with E-state index in [0.29, 0.717) is 0 Å². The van der Waals surface area contributed by atoms with Gasteiger partial charge in [-0.1, -0.05) is 36.4 Å². The van der Waals surface area contributed by atoms with Gasteiger partial charge in [-0.25, -0.2) is 0 Å². The summed E-state index contributed by atoms with van der Waals surface area (Å²) < 4.78 is 0. The number of hydrogen-bond donors (Lipinski definition) is 2. The summed E-state index contributed by atoms with van der Waals surface area (Å²) in [5.41, 5.74) is 5.17. The molecular formula is C15H16N2. The molecule has 0 saturated carbocycles. The van der Waals surface area contributed by atoms with Crippen LogP contribution < -0.4 is 10.6 Å². The molecule has 2 aromatic rings. The highest BCUT2D eigenvalue weighted by Crippen LogP contribution is 2.25. The van der Waals surface area contributed by atoms with E-state index in [0.717, 1.165) is 19.6 Å². The Labute approximate surface area is 102 Å². The lowest BCUT2D eigenvalue weighted by molar-refractivity contribution is 0.725. The minimum Gasteiger partial charge on any atom is -0.384 e. The average molecular weight is 224 g/mol. The standard InChI is InChI=1S/C15H16N2/c1-2-4-12(5-3-1)13-6-7-15-14(10-13)11-16-8-9-17-15/h1-7,10,16-17H,8-9,11H2. The van der Waals surface area contributed by atoms with Gasteiger partial charge in [0.05, 0.1) is 0 Å². The highest BCUT2D eigenvalue weighted by molar-refractivity contribution is 5.68. The second kappa shape index (κ2) is 4.60. The molecule has 86 valence electrons. The van der Waals surface area contributed by atoms with Gasteiger partial charge in [-0.2, -0.15) is 0 Å². The molecule has 0 unspecified atom stereocenters. The molecule has 0 bridgehead atoms. The number of nitrogens with one attached hydrogen (secondary N) is 2. The predicted molar refractivity (Wildman–Crippen MR) is 72.1 cm³/mol. The smallest absolute Gasteiger partial charge is 0.0386 e. The zero-order chi connectivity index (χ0) is 11.5. The van der Waals surface area contributed by atoms with Crippen molar-refractivity contribution < 1.29 is 0 Å². The Balaban J connectivity index is 2.00. The number of benzene rings is 2. The van der Waals surface area contributed by atoms with Gasteiger partial charge in [0.15, 0.2) is 0 Å². The molecule has 0 amide bonds. The molecule has 2 aromatic carbocycles. The Morgan fingerprint density at radius 3 is 2.59 bits per heavy atom. The van der Waals surface area contributed by atoms with Crippen LogP contribution in [0, 0.1) is 0 Å². The van der Waals surface area contributed by atoms with Crippen LogP contribution in [0.25, 0.3) is 11.1 Å². The molecule has 0 atom stereocenters. The van der Waals surface area contributed by atoms with Gasteiger partial charge in [-0.05, 0) is 28.8 Å². The first-order valence-corrected chi connectivity index (χ1v) is 6.06. The largest absolute Gasteiger partial charge is 0.384 e. The van der Waals surface area contributed by atoms with Crippen molar-refractivity contribution in [3.63, 3.8) is 0 Å². The minimum absolute atomic E-state index is 0.947. The fourth-order valence-corrected chi connectivity index (χ4v) is 2.23. The molecule has 0 aromatic heterocycles. The van der Waals surface area contributed by atoms with E-state index < -0.39 is 0 Å². The second-order valence-corrected chi connectivity index (χ2v) is 4.34. The normalized spacial score (nSPS) is 14.6. The number of rotatable bonds is 1. The van der Waals surface area contributed by atoms with Crippen LogP contribution in [0.15, 0.2) is 48.5 Å². The molecule has 0 spiro atoms. The number of anilines is 1. The van der Waals surface area contributed by atoms with Crippen molar-refractivity contribution in [3.05, 3.63) is 54.1 Å². The van der Waals surface area contributed by atoms with E-state index in [1.54, 1.807) is 0 Å². The lowest BCUT2D eigenvalue weighted by Gasteiger charge is -2.09. The Bertz CT molecular complexity index is 506. The van der Waals surface area contributed by atoms with Crippen LogP contribution in [-0.4, -0.2) is 13.1 Å². The molecule has 1 aliphatic rings. The Kier molecular flexibility index (Phi) is 2.80. The minimum atomic E-state index is 0.947. The van der Waals surface area contributed by atoms with E-state index in [1.807, 2.05) is 0 Å². The molecule has 3 rings (SSSR count). The zero-order valence-corrected chi connectivity index (χ0v) is 9.74. The maximum absolute atomic E-state index is 3.44. The van der Waals surface area contributed by atoms with Crippen molar-refractivity contribution in [2.75, 3.05) is 18.4 Å². The second-order valence-electron chi connectivity index (χ2n) is 4.34. The van der Waals surface area contributed by atoms with Gasteiger partial charge in [0.1, 0.15) is 0 Å². The topological polar surface area (TPSA) is 24.1 Å². The highest BCUT2D eigenvalue weighted by atomic mass is 15.0. The molecule has 0 saturated heterocycles. The monoisotopic (exact) mass is 224 g/mol. The molecule has 0 radical (unpaired) electrons.